The summed E-state index contributed by atoms with van der Waals surface area (Å²) in [7, 11) is 1.78. The predicted octanol–water partition coefficient (Wildman–Crippen LogP) is 4.98. The third-order valence-corrected chi connectivity index (χ3v) is 6.86. The maximum atomic E-state index is 10.6. The molecule has 5 N–H and O–H groups in total. The number of hydrogen-bond acceptors (Lipinski definition) is 6. The molecule has 5 rings (SSSR count). The normalized spacial score (nSPS) is 15.3. The van der Waals surface area contributed by atoms with Crippen LogP contribution in [0.3, 0.4) is 0 Å². The minimum Gasteiger partial charge on any atom is -0.401 e. The van der Waals surface area contributed by atoms with Gasteiger partial charge < -0.3 is 25.2 Å². The molecule has 2 aromatic heterocycles. The summed E-state index contributed by atoms with van der Waals surface area (Å²) < 4.78 is 7.91. The topological polar surface area (TPSA) is 103 Å². The molecule has 0 atom stereocenters. The van der Waals surface area contributed by atoms with Gasteiger partial charge in [0.15, 0.2) is 0 Å². The third-order valence-electron chi connectivity index (χ3n) is 6.86. The Hall–Kier alpha value is -3.39. The molecule has 3 heterocycles. The fourth-order valence-corrected chi connectivity index (χ4v) is 4.94. The first-order valence-corrected chi connectivity index (χ1v) is 12.8. The van der Waals surface area contributed by atoms with Crippen LogP contribution in [0.15, 0.2) is 72.6 Å². The molecule has 0 amide bonds. The molecule has 2 aromatic carbocycles. The standard InChI is InChI=1S/C24H33N5O2.C6H6/c1-15(25)23(28(4)26)17-11-21-22(27-13-17)19-6-5-18(24(2,3)30)12-20(19)29(21)14-16-7-9-31-10-8-16;1-2-4-6-5-3-1/h5-6,11-13,16,30H,7-10,14,25-26H2,1-4H3;1-6H/b23-15-;. The Morgan fingerprint density at radius 3 is 2.24 bits per heavy atom. The third kappa shape index (κ3) is 6.13. The second-order valence-corrected chi connectivity index (χ2v) is 10.3. The number of aromatic nitrogens is 2. The van der Waals surface area contributed by atoms with E-state index in [0.717, 1.165) is 71.4 Å². The van der Waals surface area contributed by atoms with Crippen LogP contribution < -0.4 is 11.6 Å². The van der Waals surface area contributed by atoms with E-state index in [4.69, 9.17) is 21.3 Å². The number of ether oxygens (including phenoxy) is 1. The summed E-state index contributed by atoms with van der Waals surface area (Å²) in [4.78, 5) is 4.82. The van der Waals surface area contributed by atoms with E-state index in [-0.39, 0.29) is 0 Å². The van der Waals surface area contributed by atoms with Gasteiger partial charge in [-0.15, -0.1) is 0 Å². The first-order valence-electron chi connectivity index (χ1n) is 12.8. The van der Waals surface area contributed by atoms with Crippen LogP contribution in [0, 0.1) is 5.92 Å². The Balaban J connectivity index is 0.000000469. The molecule has 1 aliphatic rings. The van der Waals surface area contributed by atoms with Crippen molar-refractivity contribution in [1.29, 1.82) is 0 Å². The number of rotatable bonds is 5. The second-order valence-electron chi connectivity index (χ2n) is 10.3. The molecule has 0 bridgehead atoms. The number of fused-ring (bicyclic) bond motifs is 3. The molecule has 4 aromatic rings. The van der Waals surface area contributed by atoms with Crippen molar-refractivity contribution >= 4 is 27.6 Å². The van der Waals surface area contributed by atoms with Gasteiger partial charge in [0, 0.05) is 49.6 Å². The van der Waals surface area contributed by atoms with Gasteiger partial charge in [0.2, 0.25) is 0 Å². The maximum absolute atomic E-state index is 10.6. The summed E-state index contributed by atoms with van der Waals surface area (Å²) in [6.07, 6.45) is 3.91. The molecular formula is C30H39N5O2. The molecule has 0 spiro atoms. The molecule has 1 aliphatic heterocycles. The van der Waals surface area contributed by atoms with Crippen molar-refractivity contribution in [2.45, 2.75) is 45.8 Å². The summed E-state index contributed by atoms with van der Waals surface area (Å²) in [5, 5.41) is 13.2. The van der Waals surface area contributed by atoms with Gasteiger partial charge >= 0.3 is 0 Å². The lowest BCUT2D eigenvalue weighted by atomic mass is 9.97. The monoisotopic (exact) mass is 501 g/mol. The lowest BCUT2D eigenvalue weighted by Crippen LogP contribution is -2.26. The van der Waals surface area contributed by atoms with Crippen molar-refractivity contribution in [3.8, 4) is 0 Å². The average molecular weight is 502 g/mol. The van der Waals surface area contributed by atoms with Crippen molar-refractivity contribution < 1.29 is 9.84 Å². The fourth-order valence-electron chi connectivity index (χ4n) is 4.94. The van der Waals surface area contributed by atoms with E-state index >= 15 is 0 Å². The lowest BCUT2D eigenvalue weighted by Gasteiger charge is -2.24. The van der Waals surface area contributed by atoms with Gasteiger partial charge in [-0.1, -0.05) is 48.5 Å². The van der Waals surface area contributed by atoms with Crippen molar-refractivity contribution in [3.63, 3.8) is 0 Å². The first kappa shape index (κ1) is 26.7. The Labute approximate surface area is 219 Å². The quantitative estimate of drug-likeness (QED) is 0.263. The number of allylic oxidation sites excluding steroid dienone is 1. The Morgan fingerprint density at radius 2 is 1.70 bits per heavy atom. The number of nitrogens with zero attached hydrogens (tertiary/aromatic N) is 3. The molecule has 0 radical (unpaired) electrons. The van der Waals surface area contributed by atoms with Crippen LogP contribution in [0.4, 0.5) is 0 Å². The summed E-state index contributed by atoms with van der Waals surface area (Å²) in [5.74, 6) is 6.60. The molecule has 196 valence electrons. The van der Waals surface area contributed by atoms with E-state index in [9.17, 15) is 5.11 Å². The van der Waals surface area contributed by atoms with Gasteiger partial charge in [0.05, 0.1) is 27.8 Å². The summed E-state index contributed by atoms with van der Waals surface area (Å²) in [6, 6.07) is 20.3. The van der Waals surface area contributed by atoms with Crippen LogP contribution in [-0.2, 0) is 16.9 Å². The van der Waals surface area contributed by atoms with Crippen LogP contribution in [0.2, 0.25) is 0 Å². The minimum atomic E-state index is -0.915. The summed E-state index contributed by atoms with van der Waals surface area (Å²) >= 11 is 0. The molecule has 7 heteroatoms. The van der Waals surface area contributed by atoms with Crippen LogP contribution in [-0.4, -0.2) is 39.9 Å². The largest absolute Gasteiger partial charge is 0.401 e. The number of hydrogen-bond donors (Lipinski definition) is 3. The Bertz CT molecular complexity index is 1330. The van der Waals surface area contributed by atoms with Gasteiger partial charge in [-0.3, -0.25) is 4.98 Å². The highest BCUT2D eigenvalue weighted by molar-refractivity contribution is 6.06. The molecule has 7 nitrogen and oxygen atoms in total. The van der Waals surface area contributed by atoms with E-state index < -0.39 is 5.60 Å². The van der Waals surface area contributed by atoms with Gasteiger partial charge in [0.1, 0.15) is 0 Å². The van der Waals surface area contributed by atoms with Gasteiger partial charge in [-0.25, -0.2) is 5.84 Å². The molecule has 0 saturated carbocycles. The van der Waals surface area contributed by atoms with E-state index in [1.807, 2.05) is 69.4 Å². The Kier molecular flexibility index (Phi) is 8.17. The van der Waals surface area contributed by atoms with Crippen molar-refractivity contribution in [3.05, 3.63) is 83.7 Å². The number of hydrazine groups is 1. The predicted molar refractivity (Wildman–Crippen MR) is 151 cm³/mol. The highest BCUT2D eigenvalue weighted by atomic mass is 16.5. The first-order chi connectivity index (χ1) is 17.7. The van der Waals surface area contributed by atoms with Crippen LogP contribution in [0.25, 0.3) is 27.6 Å². The fraction of sp³-hybridized carbons (Fsp3) is 0.367. The Morgan fingerprint density at radius 1 is 1.08 bits per heavy atom. The zero-order chi connectivity index (χ0) is 26.6. The van der Waals surface area contributed by atoms with Gasteiger partial charge in [-0.2, -0.15) is 0 Å². The molecule has 1 fully saturated rings. The molecule has 37 heavy (non-hydrogen) atoms. The number of benzene rings is 2. The molecule has 0 unspecified atom stereocenters. The zero-order valence-corrected chi connectivity index (χ0v) is 22.3. The van der Waals surface area contributed by atoms with Crippen LogP contribution in [0.5, 0.6) is 0 Å². The number of pyridine rings is 1. The van der Waals surface area contributed by atoms with E-state index in [2.05, 4.69) is 22.8 Å². The molecular weight excluding hydrogens is 462 g/mol. The van der Waals surface area contributed by atoms with E-state index in [0.29, 0.717) is 11.6 Å². The van der Waals surface area contributed by atoms with Crippen molar-refractivity contribution in [2.24, 2.45) is 17.5 Å². The van der Waals surface area contributed by atoms with E-state index in [1.54, 1.807) is 7.05 Å². The zero-order valence-electron chi connectivity index (χ0n) is 22.3. The van der Waals surface area contributed by atoms with Crippen LogP contribution in [0.1, 0.15) is 44.7 Å². The van der Waals surface area contributed by atoms with Crippen LogP contribution >= 0.6 is 0 Å². The van der Waals surface area contributed by atoms with Crippen molar-refractivity contribution in [2.75, 3.05) is 20.3 Å². The lowest BCUT2D eigenvalue weighted by molar-refractivity contribution is 0.0619. The number of aliphatic hydroxyl groups is 1. The number of nitrogens with two attached hydrogens (primary N) is 2. The highest BCUT2D eigenvalue weighted by Gasteiger charge is 2.22. The second kappa shape index (κ2) is 11.3. The van der Waals surface area contributed by atoms with Gasteiger partial charge in [0.25, 0.3) is 0 Å². The average Bonchev–Trinajstić information content (AvgIpc) is 3.17. The minimum absolute atomic E-state index is 0.533. The van der Waals surface area contributed by atoms with Gasteiger partial charge in [-0.05, 0) is 57.2 Å². The van der Waals surface area contributed by atoms with Crippen molar-refractivity contribution in [1.82, 2.24) is 14.6 Å². The smallest absolute Gasteiger partial charge is 0.0960 e. The molecule has 1 saturated heterocycles. The highest BCUT2D eigenvalue weighted by Crippen LogP contribution is 2.34. The molecule has 0 aliphatic carbocycles. The maximum Gasteiger partial charge on any atom is 0.0960 e. The van der Waals surface area contributed by atoms with E-state index in [1.165, 1.54) is 5.01 Å². The summed E-state index contributed by atoms with van der Waals surface area (Å²) in [5.41, 5.74) is 11.5. The SMILES string of the molecule is C/C(N)=C(\c1cnc2c3ccc(C(C)(C)O)cc3n(CC3CCOCC3)c2c1)N(C)N.c1ccccc1. The summed E-state index contributed by atoms with van der Waals surface area (Å²) in [6.45, 7) is 7.95.